The number of aromatic amines is 1. The second-order valence-corrected chi connectivity index (χ2v) is 17.7. The van der Waals surface area contributed by atoms with E-state index in [4.69, 9.17) is 0 Å². The number of carbonyl (C=O) groups is 7. The predicted octanol–water partition coefficient (Wildman–Crippen LogP) is 1.66. The van der Waals surface area contributed by atoms with Gasteiger partial charge in [-0.25, -0.2) is 0 Å². The van der Waals surface area contributed by atoms with E-state index in [2.05, 4.69) is 42.2 Å². The lowest BCUT2D eigenvalue weighted by atomic mass is 9.98. The van der Waals surface area contributed by atoms with Crippen LogP contribution in [0.5, 0.6) is 0 Å². The van der Waals surface area contributed by atoms with Gasteiger partial charge in [0.2, 0.25) is 41.4 Å². The highest BCUT2D eigenvalue weighted by molar-refractivity contribution is 7.98. The van der Waals surface area contributed by atoms with Crippen molar-refractivity contribution < 1.29 is 38.7 Å². The number of H-pyrrole nitrogens is 1. The highest BCUT2D eigenvalue weighted by Gasteiger charge is 2.37. The molecule has 7 amide bonds. The predicted molar refractivity (Wildman–Crippen MR) is 246 cm³/mol. The van der Waals surface area contributed by atoms with Gasteiger partial charge in [0.15, 0.2) is 0 Å². The van der Waals surface area contributed by atoms with Crippen LogP contribution in [-0.2, 0) is 52.8 Å². The molecule has 1 aliphatic heterocycles. The van der Waals surface area contributed by atoms with Crippen molar-refractivity contribution in [2.45, 2.75) is 95.7 Å². The number of hydrogen-bond acceptors (Lipinski definition) is 9. The first-order valence-electron chi connectivity index (χ1n) is 21.5. The Morgan fingerprint density at radius 3 is 1.41 bits per heavy atom. The van der Waals surface area contributed by atoms with E-state index in [-0.39, 0.29) is 25.7 Å². The first kappa shape index (κ1) is 48.8. The lowest BCUT2D eigenvalue weighted by molar-refractivity contribution is -0.136. The van der Waals surface area contributed by atoms with Crippen molar-refractivity contribution in [1.29, 1.82) is 0 Å². The van der Waals surface area contributed by atoms with Crippen molar-refractivity contribution in [2.75, 3.05) is 18.6 Å². The van der Waals surface area contributed by atoms with E-state index in [0.29, 0.717) is 22.4 Å². The number of hydrogen-bond donors (Lipinski definition) is 9. The molecule has 7 unspecified atom stereocenters. The maximum Gasteiger partial charge on any atom is 0.245 e. The third-order valence-electron chi connectivity index (χ3n) is 11.1. The Morgan fingerprint density at radius 1 is 0.500 bits per heavy atom. The Morgan fingerprint density at radius 2 is 0.906 bits per heavy atom. The van der Waals surface area contributed by atoms with Crippen molar-refractivity contribution >= 4 is 64.0 Å². The average Bonchev–Trinajstić information content (AvgIpc) is 3.69. The Labute approximate surface area is 377 Å². The van der Waals surface area contributed by atoms with Crippen LogP contribution in [0.4, 0.5) is 0 Å². The molecule has 1 aromatic heterocycles. The normalized spacial score (nSPS) is 23.6. The number of nitrogens with one attached hydrogen (secondary N) is 8. The zero-order chi connectivity index (χ0) is 46.3. The van der Waals surface area contributed by atoms with Gasteiger partial charge in [-0.05, 0) is 53.0 Å². The molecule has 342 valence electrons. The Kier molecular flexibility index (Phi) is 17.9. The summed E-state index contributed by atoms with van der Waals surface area (Å²) in [5.41, 5.74) is 2.88. The van der Waals surface area contributed by atoms with E-state index < -0.39 is 102 Å². The molecule has 2 heterocycles. The number of aliphatic hydroxyl groups is 1. The Hall–Kier alpha value is -6.20. The van der Waals surface area contributed by atoms with Gasteiger partial charge in [0.25, 0.3) is 0 Å². The number of aliphatic hydroxyl groups excluding tert-OH is 1. The molecule has 1 fully saturated rings. The SMILES string of the molecule is CSCCC1NC(=O)C(Cc2c[nH]c3ccccc23)NC(=O)C(CO)NC(=O)C(C(C)C)NC(=O)C(Cc2ccccc2)NC(=O)C(C(C)C)NC(=O)C(Cc2ccccc2)NC1=O. The van der Waals surface area contributed by atoms with Crippen molar-refractivity contribution in [1.82, 2.24) is 42.2 Å². The topological polar surface area (TPSA) is 240 Å². The quantitative estimate of drug-likeness (QED) is 0.100. The van der Waals surface area contributed by atoms with Gasteiger partial charge in [0.1, 0.15) is 42.3 Å². The minimum absolute atomic E-state index is 0.0221. The molecule has 64 heavy (non-hydrogen) atoms. The van der Waals surface area contributed by atoms with Crippen LogP contribution in [0, 0.1) is 11.8 Å². The van der Waals surface area contributed by atoms with Crippen LogP contribution in [-0.4, -0.2) is 112 Å². The third kappa shape index (κ3) is 13.4. The zero-order valence-corrected chi connectivity index (χ0v) is 37.6. The maximum atomic E-state index is 14.4. The molecule has 0 saturated carbocycles. The van der Waals surface area contributed by atoms with Gasteiger partial charge in [-0.15, -0.1) is 0 Å². The molecule has 0 aliphatic carbocycles. The number of para-hydroxylation sites is 1. The summed E-state index contributed by atoms with van der Waals surface area (Å²) in [6.45, 7) is 5.98. The molecule has 3 aromatic carbocycles. The van der Waals surface area contributed by atoms with E-state index in [9.17, 15) is 38.7 Å². The smallest absolute Gasteiger partial charge is 0.245 e. The summed E-state index contributed by atoms with van der Waals surface area (Å²) < 4.78 is 0. The third-order valence-corrected chi connectivity index (χ3v) is 11.8. The minimum atomic E-state index is -1.56. The summed E-state index contributed by atoms with van der Waals surface area (Å²) in [7, 11) is 0. The molecule has 1 aliphatic rings. The second kappa shape index (κ2) is 23.5. The molecule has 5 rings (SSSR count). The van der Waals surface area contributed by atoms with E-state index in [0.717, 1.165) is 10.9 Å². The zero-order valence-electron chi connectivity index (χ0n) is 36.8. The van der Waals surface area contributed by atoms with Crippen LogP contribution in [0.2, 0.25) is 0 Å². The standard InChI is InChI=1S/C47H60N8O8S/c1-27(2)39-46(62)52-36(23-30-16-10-7-11-17-30)44(60)55-40(28(3)4)47(63)53-38(26-56)45(61)51-37(24-31-25-48-33-19-13-12-18-32(31)33)42(58)49-34(20-21-64-5)41(57)50-35(43(59)54-39)22-29-14-8-6-9-15-29/h6-19,25,27-28,34-40,48,56H,20-24,26H2,1-5H3,(H,49,58)(H,50,57)(H,51,61)(H,52,62)(H,53,63)(H,54,59)(H,55,60). The molecule has 1 saturated heterocycles. The minimum Gasteiger partial charge on any atom is -0.394 e. The molecule has 0 radical (unpaired) electrons. The summed E-state index contributed by atoms with van der Waals surface area (Å²) in [6, 6.07) is 16.4. The van der Waals surface area contributed by atoms with E-state index in [1.807, 2.05) is 36.6 Å². The molecular weight excluding hydrogens is 837 g/mol. The summed E-state index contributed by atoms with van der Waals surface area (Å²) in [4.78, 5) is 103. The van der Waals surface area contributed by atoms with E-state index in [1.54, 1.807) is 88.5 Å². The molecule has 9 N–H and O–H groups in total. The molecule has 16 nitrogen and oxygen atoms in total. The lowest BCUT2D eigenvalue weighted by Gasteiger charge is -2.29. The summed E-state index contributed by atoms with van der Waals surface area (Å²) >= 11 is 1.44. The molecular formula is C47H60N8O8S. The molecule has 4 aromatic rings. The van der Waals surface area contributed by atoms with Crippen molar-refractivity contribution in [3.8, 4) is 0 Å². The van der Waals surface area contributed by atoms with Gasteiger partial charge in [-0.1, -0.05) is 107 Å². The Bertz CT molecular complexity index is 2240. The number of fused-ring (bicyclic) bond motifs is 1. The molecule has 7 atom stereocenters. The van der Waals surface area contributed by atoms with Crippen LogP contribution < -0.4 is 37.2 Å². The van der Waals surface area contributed by atoms with Crippen LogP contribution in [0.25, 0.3) is 10.9 Å². The van der Waals surface area contributed by atoms with E-state index in [1.165, 1.54) is 11.8 Å². The molecule has 0 bridgehead atoms. The molecule has 17 heteroatoms. The van der Waals surface area contributed by atoms with Gasteiger partial charge in [0.05, 0.1) is 6.61 Å². The first-order chi connectivity index (χ1) is 30.7. The summed E-state index contributed by atoms with van der Waals surface area (Å²) in [5, 5.41) is 30.5. The van der Waals surface area contributed by atoms with Crippen LogP contribution in [0.3, 0.4) is 0 Å². The van der Waals surface area contributed by atoms with Gasteiger partial charge < -0.3 is 47.3 Å². The molecule has 0 spiro atoms. The van der Waals surface area contributed by atoms with Crippen molar-refractivity contribution in [2.24, 2.45) is 11.8 Å². The maximum absolute atomic E-state index is 14.4. The number of aromatic nitrogens is 1. The van der Waals surface area contributed by atoms with Crippen molar-refractivity contribution in [3.63, 3.8) is 0 Å². The number of rotatable bonds is 12. The van der Waals surface area contributed by atoms with Gasteiger partial charge >= 0.3 is 0 Å². The van der Waals surface area contributed by atoms with Gasteiger partial charge in [-0.2, -0.15) is 11.8 Å². The number of benzene rings is 3. The lowest BCUT2D eigenvalue weighted by Crippen LogP contribution is -2.61. The highest BCUT2D eigenvalue weighted by Crippen LogP contribution is 2.20. The fourth-order valence-corrected chi connectivity index (χ4v) is 7.94. The van der Waals surface area contributed by atoms with Gasteiger partial charge in [-0.3, -0.25) is 33.6 Å². The van der Waals surface area contributed by atoms with Crippen molar-refractivity contribution in [3.05, 3.63) is 108 Å². The van der Waals surface area contributed by atoms with Gasteiger partial charge in [0, 0.05) is 36.4 Å². The first-order valence-corrected chi connectivity index (χ1v) is 22.9. The second-order valence-electron chi connectivity index (χ2n) is 16.7. The van der Waals surface area contributed by atoms with Crippen LogP contribution in [0.1, 0.15) is 50.8 Å². The number of carbonyl (C=O) groups excluding carboxylic acids is 7. The largest absolute Gasteiger partial charge is 0.394 e. The fraction of sp³-hybridized carbons (Fsp3) is 0.426. The van der Waals surface area contributed by atoms with Crippen LogP contribution in [0.15, 0.2) is 91.1 Å². The van der Waals surface area contributed by atoms with Crippen LogP contribution >= 0.6 is 11.8 Å². The summed E-state index contributed by atoms with van der Waals surface area (Å²) in [6.07, 6.45) is 3.72. The van der Waals surface area contributed by atoms with E-state index >= 15 is 0 Å². The average molecular weight is 897 g/mol. The summed E-state index contributed by atoms with van der Waals surface area (Å²) in [5.74, 6) is -5.74. The number of amides is 7. The number of thioether (sulfide) groups is 1. The highest BCUT2D eigenvalue weighted by atomic mass is 32.2. The Balaban J connectivity index is 1.58. The monoisotopic (exact) mass is 896 g/mol. The fourth-order valence-electron chi connectivity index (χ4n) is 7.46.